The number of nitro benzene ring substituents is 1. The van der Waals surface area contributed by atoms with Gasteiger partial charge in [0.05, 0.1) is 11.0 Å². The van der Waals surface area contributed by atoms with Crippen molar-refractivity contribution < 1.29 is 14.8 Å². The fourth-order valence-electron chi connectivity index (χ4n) is 2.55. The average Bonchev–Trinajstić information content (AvgIpc) is 2.81. The lowest BCUT2D eigenvalue weighted by Crippen LogP contribution is -2.22. The van der Waals surface area contributed by atoms with Crippen molar-refractivity contribution in [1.29, 1.82) is 0 Å². The van der Waals surface area contributed by atoms with E-state index < -0.39 is 4.92 Å². The van der Waals surface area contributed by atoms with Gasteiger partial charge in [-0.1, -0.05) is 6.42 Å². The van der Waals surface area contributed by atoms with Crippen molar-refractivity contribution in [1.82, 2.24) is 0 Å². The Labute approximate surface area is 117 Å². The van der Waals surface area contributed by atoms with E-state index in [2.05, 4.69) is 5.32 Å². The fraction of sp³-hybridized carbons (Fsp3) is 0.500. The monoisotopic (exact) mass is 278 g/mol. The topological polar surface area (TPSA) is 92.5 Å². The number of carbonyl (C=O) groups excluding carboxylic acids is 1. The molecule has 1 aliphatic rings. The van der Waals surface area contributed by atoms with E-state index in [0.717, 1.165) is 19.3 Å². The molecule has 20 heavy (non-hydrogen) atoms. The molecule has 2 unspecified atom stereocenters. The first-order valence-corrected chi connectivity index (χ1v) is 6.70. The number of anilines is 1. The third kappa shape index (κ3) is 3.14. The first kappa shape index (κ1) is 14.5. The summed E-state index contributed by atoms with van der Waals surface area (Å²) in [5, 5.41) is 23.8. The molecule has 2 atom stereocenters. The number of benzene rings is 1. The molecular weight excluding hydrogens is 260 g/mol. The molecule has 0 amide bonds. The van der Waals surface area contributed by atoms with Gasteiger partial charge in [0.15, 0.2) is 5.78 Å². The van der Waals surface area contributed by atoms with Crippen LogP contribution in [0.1, 0.15) is 36.5 Å². The summed E-state index contributed by atoms with van der Waals surface area (Å²) in [6, 6.07) is 4.41. The van der Waals surface area contributed by atoms with E-state index in [-0.39, 0.29) is 23.5 Å². The van der Waals surface area contributed by atoms with Crippen molar-refractivity contribution in [3.8, 4) is 0 Å². The SMILES string of the molecule is CC(=O)c1ccc(NCC2CCCC2O)c([N+](=O)[O-])c1. The highest BCUT2D eigenvalue weighted by molar-refractivity contribution is 5.95. The lowest BCUT2D eigenvalue weighted by molar-refractivity contribution is -0.384. The maximum absolute atomic E-state index is 11.3. The van der Waals surface area contributed by atoms with Crippen LogP contribution in [-0.4, -0.2) is 28.5 Å². The second-order valence-corrected chi connectivity index (χ2v) is 5.18. The van der Waals surface area contributed by atoms with Crippen molar-refractivity contribution in [3.05, 3.63) is 33.9 Å². The van der Waals surface area contributed by atoms with Crippen LogP contribution in [0.2, 0.25) is 0 Å². The Morgan fingerprint density at radius 2 is 2.25 bits per heavy atom. The van der Waals surface area contributed by atoms with E-state index >= 15 is 0 Å². The number of nitrogens with one attached hydrogen (secondary N) is 1. The van der Waals surface area contributed by atoms with Gasteiger partial charge in [-0.3, -0.25) is 14.9 Å². The van der Waals surface area contributed by atoms with Crippen LogP contribution in [0.5, 0.6) is 0 Å². The highest BCUT2D eigenvalue weighted by Crippen LogP contribution is 2.29. The first-order chi connectivity index (χ1) is 9.49. The molecule has 6 nitrogen and oxygen atoms in total. The summed E-state index contributed by atoms with van der Waals surface area (Å²) >= 11 is 0. The van der Waals surface area contributed by atoms with Crippen molar-refractivity contribution in [2.24, 2.45) is 5.92 Å². The number of hydrogen-bond donors (Lipinski definition) is 2. The van der Waals surface area contributed by atoms with E-state index in [1.165, 1.54) is 13.0 Å². The molecular formula is C14H18N2O4. The van der Waals surface area contributed by atoms with Gasteiger partial charge in [-0.25, -0.2) is 0 Å². The third-order valence-corrected chi connectivity index (χ3v) is 3.77. The van der Waals surface area contributed by atoms with E-state index in [4.69, 9.17) is 0 Å². The highest BCUT2D eigenvalue weighted by atomic mass is 16.6. The van der Waals surface area contributed by atoms with E-state index in [0.29, 0.717) is 17.8 Å². The maximum Gasteiger partial charge on any atom is 0.293 e. The molecule has 1 aromatic rings. The quantitative estimate of drug-likeness (QED) is 0.490. The van der Waals surface area contributed by atoms with Crippen LogP contribution >= 0.6 is 0 Å². The summed E-state index contributed by atoms with van der Waals surface area (Å²) in [4.78, 5) is 21.8. The van der Waals surface area contributed by atoms with E-state index in [1.807, 2.05) is 0 Å². The number of hydrogen-bond acceptors (Lipinski definition) is 5. The van der Waals surface area contributed by atoms with E-state index in [9.17, 15) is 20.0 Å². The molecule has 0 aromatic heterocycles. The molecule has 0 saturated heterocycles. The summed E-state index contributed by atoms with van der Waals surface area (Å²) in [6.45, 7) is 1.88. The zero-order chi connectivity index (χ0) is 14.7. The molecule has 2 rings (SSSR count). The number of nitro groups is 1. The van der Waals surface area contributed by atoms with Gasteiger partial charge < -0.3 is 10.4 Å². The van der Waals surface area contributed by atoms with Gasteiger partial charge in [-0.05, 0) is 31.9 Å². The van der Waals surface area contributed by atoms with Crippen LogP contribution in [0.4, 0.5) is 11.4 Å². The lowest BCUT2D eigenvalue weighted by atomic mass is 10.1. The van der Waals surface area contributed by atoms with Crippen molar-refractivity contribution in [3.63, 3.8) is 0 Å². The number of ketones is 1. The van der Waals surface area contributed by atoms with Crippen LogP contribution in [0.25, 0.3) is 0 Å². The predicted molar refractivity (Wildman–Crippen MR) is 74.9 cm³/mol. The molecule has 0 radical (unpaired) electrons. The molecule has 0 spiro atoms. The highest BCUT2D eigenvalue weighted by Gasteiger charge is 2.25. The van der Waals surface area contributed by atoms with Crippen LogP contribution in [0.3, 0.4) is 0 Å². The molecule has 0 heterocycles. The molecule has 1 saturated carbocycles. The van der Waals surface area contributed by atoms with Gasteiger partial charge >= 0.3 is 0 Å². The van der Waals surface area contributed by atoms with Crippen molar-refractivity contribution in [2.75, 3.05) is 11.9 Å². The Morgan fingerprint density at radius 3 is 2.80 bits per heavy atom. The molecule has 0 aliphatic heterocycles. The van der Waals surface area contributed by atoms with Gasteiger partial charge in [0.2, 0.25) is 0 Å². The van der Waals surface area contributed by atoms with Gasteiger partial charge in [0.25, 0.3) is 5.69 Å². The summed E-state index contributed by atoms with van der Waals surface area (Å²) in [5.41, 5.74) is 0.604. The molecule has 1 fully saturated rings. The lowest BCUT2D eigenvalue weighted by Gasteiger charge is -2.16. The Morgan fingerprint density at radius 1 is 1.50 bits per heavy atom. The predicted octanol–water partition coefficient (Wildman–Crippen LogP) is 2.37. The Hall–Kier alpha value is -1.95. The minimum absolute atomic E-state index is 0.106. The minimum atomic E-state index is -0.500. The van der Waals surface area contributed by atoms with Crippen LogP contribution in [0, 0.1) is 16.0 Å². The third-order valence-electron chi connectivity index (χ3n) is 3.77. The van der Waals surface area contributed by atoms with E-state index in [1.54, 1.807) is 12.1 Å². The Kier molecular flexibility index (Phi) is 4.34. The van der Waals surface area contributed by atoms with Gasteiger partial charge in [-0.15, -0.1) is 0 Å². The van der Waals surface area contributed by atoms with Crippen LogP contribution in [-0.2, 0) is 0 Å². The molecule has 2 N–H and O–H groups in total. The molecule has 0 bridgehead atoms. The Balaban J connectivity index is 2.14. The van der Waals surface area contributed by atoms with Gasteiger partial charge in [0.1, 0.15) is 5.69 Å². The number of rotatable bonds is 5. The first-order valence-electron chi connectivity index (χ1n) is 6.70. The standard InChI is InChI=1S/C14H18N2O4/c1-9(17)10-5-6-12(13(7-10)16(19)20)15-8-11-3-2-4-14(11)18/h5-7,11,14-15,18H,2-4,8H2,1H3. The Bertz CT molecular complexity index is 530. The largest absolute Gasteiger partial charge is 0.393 e. The normalized spacial score (nSPS) is 21.7. The summed E-state index contributed by atoms with van der Waals surface area (Å²) in [7, 11) is 0. The van der Waals surface area contributed by atoms with Crippen molar-refractivity contribution in [2.45, 2.75) is 32.3 Å². The smallest absolute Gasteiger partial charge is 0.293 e. The number of aliphatic hydroxyl groups excluding tert-OH is 1. The number of aliphatic hydroxyl groups is 1. The zero-order valence-electron chi connectivity index (χ0n) is 11.3. The van der Waals surface area contributed by atoms with Crippen molar-refractivity contribution >= 4 is 17.2 Å². The minimum Gasteiger partial charge on any atom is -0.393 e. The van der Waals surface area contributed by atoms with Crippen LogP contribution in [0.15, 0.2) is 18.2 Å². The van der Waals surface area contributed by atoms with Gasteiger partial charge in [0, 0.05) is 24.1 Å². The number of Topliss-reactive ketones (excluding diaryl/α,β-unsaturated/α-hetero) is 1. The average molecular weight is 278 g/mol. The molecule has 1 aliphatic carbocycles. The zero-order valence-corrected chi connectivity index (χ0v) is 11.3. The fourth-order valence-corrected chi connectivity index (χ4v) is 2.55. The number of carbonyl (C=O) groups is 1. The molecule has 108 valence electrons. The maximum atomic E-state index is 11.3. The van der Waals surface area contributed by atoms with Gasteiger partial charge in [-0.2, -0.15) is 0 Å². The summed E-state index contributed by atoms with van der Waals surface area (Å²) in [6.07, 6.45) is 2.36. The molecule has 6 heteroatoms. The second-order valence-electron chi connectivity index (χ2n) is 5.18. The summed E-state index contributed by atoms with van der Waals surface area (Å²) in [5.74, 6) is -0.0760. The second kappa shape index (κ2) is 6.00. The van der Waals surface area contributed by atoms with Crippen LogP contribution < -0.4 is 5.32 Å². The summed E-state index contributed by atoms with van der Waals surface area (Å²) < 4.78 is 0. The number of nitrogens with zero attached hydrogens (tertiary/aromatic N) is 1. The molecule has 1 aromatic carbocycles.